The molecule has 0 bridgehead atoms. The molecule has 1 aliphatic heterocycles. The van der Waals surface area contributed by atoms with E-state index < -0.39 is 11.6 Å². The average Bonchev–Trinajstić information content (AvgIpc) is 2.76. The minimum Gasteiger partial charge on any atom is -0.472 e. The summed E-state index contributed by atoms with van der Waals surface area (Å²) in [7, 11) is 1.27. The molecule has 0 amide bonds. The van der Waals surface area contributed by atoms with E-state index in [4.69, 9.17) is 4.74 Å². The van der Waals surface area contributed by atoms with Gasteiger partial charge in [0, 0.05) is 6.08 Å². The molecule has 0 aromatic rings. The number of carbonyl (C=O) groups excluding carboxylic acids is 2. The minimum absolute atomic E-state index is 0.0550. The highest BCUT2D eigenvalue weighted by Crippen LogP contribution is 2.40. The van der Waals surface area contributed by atoms with E-state index >= 15 is 0 Å². The normalized spacial score (nSPS) is 23.5. The third-order valence-corrected chi connectivity index (χ3v) is 2.81. The lowest BCUT2D eigenvalue weighted by Crippen LogP contribution is -2.33. The van der Waals surface area contributed by atoms with Crippen LogP contribution in [0, 0.1) is 0 Å². The van der Waals surface area contributed by atoms with Crippen molar-refractivity contribution in [2.45, 2.75) is 31.3 Å². The Morgan fingerprint density at radius 2 is 2.14 bits per heavy atom. The zero-order chi connectivity index (χ0) is 10.2. The SMILES string of the molecule is COC(=O)C1=CC(=O)C2(CCCC2)O1. The molecule has 0 aromatic heterocycles. The molecule has 4 heteroatoms. The maximum Gasteiger partial charge on any atom is 0.373 e. The second-order valence-electron chi connectivity index (χ2n) is 3.67. The van der Waals surface area contributed by atoms with Crippen LogP contribution in [0.5, 0.6) is 0 Å². The summed E-state index contributed by atoms with van der Waals surface area (Å²) < 4.78 is 9.91. The maximum absolute atomic E-state index is 11.6. The van der Waals surface area contributed by atoms with Gasteiger partial charge in [-0.1, -0.05) is 0 Å². The highest BCUT2D eigenvalue weighted by molar-refractivity contribution is 6.06. The van der Waals surface area contributed by atoms with Gasteiger partial charge in [-0.25, -0.2) is 4.79 Å². The van der Waals surface area contributed by atoms with E-state index in [9.17, 15) is 9.59 Å². The van der Waals surface area contributed by atoms with Gasteiger partial charge < -0.3 is 9.47 Å². The second-order valence-corrected chi connectivity index (χ2v) is 3.67. The lowest BCUT2D eigenvalue weighted by atomic mass is 9.98. The van der Waals surface area contributed by atoms with Crippen LogP contribution in [0.25, 0.3) is 0 Å². The Balaban J connectivity index is 2.17. The summed E-state index contributed by atoms with van der Waals surface area (Å²) in [5, 5.41) is 0. The first-order valence-corrected chi connectivity index (χ1v) is 4.71. The molecule has 2 aliphatic rings. The number of ketones is 1. The molecule has 0 atom stereocenters. The zero-order valence-electron chi connectivity index (χ0n) is 8.04. The molecule has 1 heterocycles. The van der Waals surface area contributed by atoms with Crippen LogP contribution < -0.4 is 0 Å². The van der Waals surface area contributed by atoms with Gasteiger partial charge in [0.05, 0.1) is 7.11 Å². The number of rotatable bonds is 1. The number of ether oxygens (including phenoxy) is 2. The summed E-state index contributed by atoms with van der Waals surface area (Å²) >= 11 is 0. The Morgan fingerprint density at radius 1 is 1.50 bits per heavy atom. The fourth-order valence-corrected chi connectivity index (χ4v) is 2.04. The molecule has 76 valence electrons. The van der Waals surface area contributed by atoms with Crippen LogP contribution in [0.2, 0.25) is 0 Å². The molecule has 1 spiro atoms. The summed E-state index contributed by atoms with van der Waals surface area (Å²) in [6.45, 7) is 0. The van der Waals surface area contributed by atoms with Gasteiger partial charge in [0.15, 0.2) is 5.60 Å². The van der Waals surface area contributed by atoms with E-state index in [0.29, 0.717) is 12.8 Å². The van der Waals surface area contributed by atoms with Crippen molar-refractivity contribution in [1.29, 1.82) is 0 Å². The van der Waals surface area contributed by atoms with Gasteiger partial charge in [0.2, 0.25) is 11.5 Å². The Kier molecular flexibility index (Phi) is 2.06. The highest BCUT2D eigenvalue weighted by Gasteiger charge is 2.48. The van der Waals surface area contributed by atoms with E-state index in [0.717, 1.165) is 12.8 Å². The first-order chi connectivity index (χ1) is 6.68. The molecule has 4 nitrogen and oxygen atoms in total. The molecule has 1 fully saturated rings. The van der Waals surface area contributed by atoms with Crippen LogP contribution in [0.1, 0.15) is 25.7 Å². The molecule has 0 aromatic carbocycles. The Labute approximate surface area is 81.9 Å². The zero-order valence-corrected chi connectivity index (χ0v) is 8.04. The molecule has 1 aliphatic carbocycles. The first-order valence-electron chi connectivity index (χ1n) is 4.71. The van der Waals surface area contributed by atoms with Crippen molar-refractivity contribution in [2.75, 3.05) is 7.11 Å². The van der Waals surface area contributed by atoms with Gasteiger partial charge in [-0.2, -0.15) is 0 Å². The lowest BCUT2D eigenvalue weighted by Gasteiger charge is -2.21. The van der Waals surface area contributed by atoms with E-state index in [1.807, 2.05) is 0 Å². The molecular formula is C10H12O4. The fourth-order valence-electron chi connectivity index (χ4n) is 2.04. The lowest BCUT2D eigenvalue weighted by molar-refractivity contribution is -0.144. The molecule has 0 radical (unpaired) electrons. The van der Waals surface area contributed by atoms with Gasteiger partial charge in [-0.3, -0.25) is 4.79 Å². The maximum atomic E-state index is 11.6. The minimum atomic E-state index is -0.733. The topological polar surface area (TPSA) is 52.6 Å². The smallest absolute Gasteiger partial charge is 0.373 e. The molecule has 0 unspecified atom stereocenters. The number of esters is 1. The average molecular weight is 196 g/mol. The largest absolute Gasteiger partial charge is 0.472 e. The number of hydrogen-bond donors (Lipinski definition) is 0. The summed E-state index contributed by atoms with van der Waals surface area (Å²) in [6.07, 6.45) is 4.64. The van der Waals surface area contributed by atoms with Crippen LogP contribution in [-0.4, -0.2) is 24.5 Å². The van der Waals surface area contributed by atoms with Crippen molar-refractivity contribution in [1.82, 2.24) is 0 Å². The summed E-state index contributed by atoms with van der Waals surface area (Å²) in [5.41, 5.74) is -0.733. The Hall–Kier alpha value is -1.32. The van der Waals surface area contributed by atoms with Crippen molar-refractivity contribution in [3.63, 3.8) is 0 Å². The van der Waals surface area contributed by atoms with Crippen molar-refractivity contribution in [3.05, 3.63) is 11.8 Å². The van der Waals surface area contributed by atoms with Crippen LogP contribution in [0.4, 0.5) is 0 Å². The van der Waals surface area contributed by atoms with Crippen LogP contribution >= 0.6 is 0 Å². The van der Waals surface area contributed by atoms with Crippen molar-refractivity contribution in [2.24, 2.45) is 0 Å². The van der Waals surface area contributed by atoms with Crippen molar-refractivity contribution in [3.8, 4) is 0 Å². The van der Waals surface area contributed by atoms with Gasteiger partial charge >= 0.3 is 5.97 Å². The predicted octanol–water partition coefficient (Wildman–Crippen LogP) is 0.955. The number of methoxy groups -OCH3 is 1. The molecule has 2 rings (SSSR count). The highest BCUT2D eigenvalue weighted by atomic mass is 16.6. The van der Waals surface area contributed by atoms with E-state index in [1.54, 1.807) is 0 Å². The Morgan fingerprint density at radius 3 is 2.71 bits per heavy atom. The van der Waals surface area contributed by atoms with Gasteiger partial charge in [-0.05, 0) is 25.7 Å². The van der Waals surface area contributed by atoms with Gasteiger partial charge in [-0.15, -0.1) is 0 Å². The predicted molar refractivity (Wildman–Crippen MR) is 47.4 cm³/mol. The molecule has 1 saturated carbocycles. The van der Waals surface area contributed by atoms with Gasteiger partial charge in [0.25, 0.3) is 0 Å². The standard InChI is InChI=1S/C10H12O4/c1-13-9(12)7-6-8(11)10(14-7)4-2-3-5-10/h6H,2-5H2,1H3. The van der Waals surface area contributed by atoms with Crippen LogP contribution in [0.15, 0.2) is 11.8 Å². The molecule has 0 saturated heterocycles. The quantitative estimate of drug-likeness (QED) is 0.586. The summed E-state index contributed by atoms with van der Waals surface area (Å²) in [6, 6.07) is 0. The molecule has 14 heavy (non-hydrogen) atoms. The third kappa shape index (κ3) is 1.22. The summed E-state index contributed by atoms with van der Waals surface area (Å²) in [5.74, 6) is -0.600. The fraction of sp³-hybridized carbons (Fsp3) is 0.600. The van der Waals surface area contributed by atoms with Crippen LogP contribution in [0.3, 0.4) is 0 Å². The second kappa shape index (κ2) is 3.12. The number of hydrogen-bond acceptors (Lipinski definition) is 4. The van der Waals surface area contributed by atoms with E-state index in [-0.39, 0.29) is 11.5 Å². The number of carbonyl (C=O) groups is 2. The van der Waals surface area contributed by atoms with Crippen molar-refractivity contribution < 1.29 is 19.1 Å². The van der Waals surface area contributed by atoms with Gasteiger partial charge in [0.1, 0.15) is 0 Å². The van der Waals surface area contributed by atoms with Crippen molar-refractivity contribution >= 4 is 11.8 Å². The molecular weight excluding hydrogens is 184 g/mol. The van der Waals surface area contributed by atoms with Crippen LogP contribution in [-0.2, 0) is 19.1 Å². The monoisotopic (exact) mass is 196 g/mol. The third-order valence-electron chi connectivity index (χ3n) is 2.81. The van der Waals surface area contributed by atoms with E-state index in [1.165, 1.54) is 13.2 Å². The summed E-state index contributed by atoms with van der Waals surface area (Å²) in [4.78, 5) is 22.8. The Bertz CT molecular complexity index is 310. The molecule has 0 N–H and O–H groups in total. The van der Waals surface area contributed by atoms with E-state index in [2.05, 4.69) is 4.74 Å². The first kappa shape index (κ1) is 9.24.